The van der Waals surface area contributed by atoms with Gasteiger partial charge in [0.25, 0.3) is 11.6 Å². The number of anilines is 1. The lowest BCUT2D eigenvalue weighted by atomic mass is 10.1. The van der Waals surface area contributed by atoms with Gasteiger partial charge in [-0.3, -0.25) is 14.9 Å². The van der Waals surface area contributed by atoms with E-state index in [-0.39, 0.29) is 11.3 Å². The van der Waals surface area contributed by atoms with Gasteiger partial charge in [0, 0.05) is 12.1 Å². The smallest absolute Gasteiger partial charge is 0.343 e. The predicted molar refractivity (Wildman–Crippen MR) is 120 cm³/mol. The maximum atomic E-state index is 13.9. The number of rotatable bonds is 7. The Morgan fingerprint density at radius 1 is 1.06 bits per heavy atom. The molecule has 0 saturated heterocycles. The molecule has 1 N–H and O–H groups in total. The first-order chi connectivity index (χ1) is 16.3. The molecule has 3 aromatic carbocycles. The molecule has 1 amide bonds. The standard InChI is InChI=1S/C24H16FN3O6/c1-33-19-9-4-16(5-10-19)24(30)34-20-7-2-15(3-8-20)12-17(14-26)23(29)27-22-13-18(28(31)32)6-11-21(22)25/h2-13H,1H3,(H,27,29)/b17-12-. The van der Waals surface area contributed by atoms with Gasteiger partial charge in [-0.2, -0.15) is 5.26 Å². The van der Waals surface area contributed by atoms with Crippen molar-refractivity contribution in [2.24, 2.45) is 0 Å². The zero-order valence-electron chi connectivity index (χ0n) is 17.7. The number of nitrogens with one attached hydrogen (secondary N) is 1. The summed E-state index contributed by atoms with van der Waals surface area (Å²) in [5.74, 6) is -1.59. The van der Waals surface area contributed by atoms with E-state index in [2.05, 4.69) is 5.32 Å². The highest BCUT2D eigenvalue weighted by molar-refractivity contribution is 6.09. The van der Waals surface area contributed by atoms with Gasteiger partial charge in [-0.05, 0) is 54.1 Å². The number of nitro benzene ring substituents is 1. The first kappa shape index (κ1) is 23.6. The van der Waals surface area contributed by atoms with Crippen LogP contribution in [0.3, 0.4) is 0 Å². The Balaban J connectivity index is 1.71. The summed E-state index contributed by atoms with van der Waals surface area (Å²) < 4.78 is 24.2. The first-order valence-corrected chi connectivity index (χ1v) is 9.64. The summed E-state index contributed by atoms with van der Waals surface area (Å²) in [5.41, 5.74) is -0.467. The lowest BCUT2D eigenvalue weighted by Crippen LogP contribution is -2.14. The largest absolute Gasteiger partial charge is 0.497 e. The summed E-state index contributed by atoms with van der Waals surface area (Å²) in [4.78, 5) is 34.7. The average molecular weight is 461 g/mol. The topological polar surface area (TPSA) is 132 Å². The number of halogens is 1. The number of methoxy groups -OCH3 is 1. The zero-order chi connectivity index (χ0) is 24.7. The van der Waals surface area contributed by atoms with Crippen molar-refractivity contribution in [2.75, 3.05) is 12.4 Å². The van der Waals surface area contributed by atoms with Crippen LogP contribution >= 0.6 is 0 Å². The molecule has 0 aliphatic heterocycles. The second kappa shape index (κ2) is 10.5. The maximum absolute atomic E-state index is 13.9. The van der Waals surface area contributed by atoms with Gasteiger partial charge < -0.3 is 14.8 Å². The van der Waals surface area contributed by atoms with Crippen LogP contribution in [0.4, 0.5) is 15.8 Å². The Kier molecular flexibility index (Phi) is 7.31. The van der Waals surface area contributed by atoms with E-state index in [0.717, 1.165) is 18.2 Å². The fraction of sp³-hybridized carbons (Fsp3) is 0.0417. The highest BCUT2D eigenvalue weighted by atomic mass is 19.1. The van der Waals surface area contributed by atoms with E-state index in [1.165, 1.54) is 37.5 Å². The van der Waals surface area contributed by atoms with Gasteiger partial charge >= 0.3 is 5.97 Å². The molecule has 0 unspecified atom stereocenters. The number of non-ortho nitro benzene ring substituents is 1. The highest BCUT2D eigenvalue weighted by Gasteiger charge is 2.16. The van der Waals surface area contributed by atoms with Gasteiger partial charge in [-0.1, -0.05) is 12.1 Å². The summed E-state index contributed by atoms with van der Waals surface area (Å²) in [7, 11) is 1.51. The molecule has 0 aliphatic carbocycles. The Bertz CT molecular complexity index is 1310. The molecule has 0 atom stereocenters. The lowest BCUT2D eigenvalue weighted by Gasteiger charge is -2.07. The number of esters is 1. The van der Waals surface area contributed by atoms with E-state index in [1.54, 1.807) is 30.3 Å². The van der Waals surface area contributed by atoms with E-state index in [9.17, 15) is 29.4 Å². The van der Waals surface area contributed by atoms with E-state index < -0.39 is 34.0 Å². The molecule has 170 valence electrons. The number of nitro groups is 1. The molecule has 10 heteroatoms. The van der Waals surface area contributed by atoms with Gasteiger partial charge in [0.05, 0.1) is 23.3 Å². The van der Waals surface area contributed by atoms with Crippen molar-refractivity contribution in [3.05, 3.63) is 99.4 Å². The third-order valence-corrected chi connectivity index (χ3v) is 4.50. The SMILES string of the molecule is COc1ccc(C(=O)Oc2ccc(/C=C(/C#N)C(=O)Nc3cc([N+](=O)[O-])ccc3F)cc2)cc1. The second-order valence-electron chi connectivity index (χ2n) is 6.73. The predicted octanol–water partition coefficient (Wildman–Crippen LogP) is 4.51. The number of nitriles is 1. The van der Waals surface area contributed by atoms with Crippen molar-refractivity contribution < 1.29 is 28.4 Å². The van der Waals surface area contributed by atoms with Gasteiger partial charge in [0.2, 0.25) is 0 Å². The number of carbonyl (C=O) groups excluding carboxylic acids is 2. The zero-order valence-corrected chi connectivity index (χ0v) is 17.7. The Morgan fingerprint density at radius 3 is 2.29 bits per heavy atom. The van der Waals surface area contributed by atoms with Crippen molar-refractivity contribution in [3.63, 3.8) is 0 Å². The Labute approximate surface area is 192 Å². The van der Waals surface area contributed by atoms with E-state index in [0.29, 0.717) is 16.9 Å². The lowest BCUT2D eigenvalue weighted by molar-refractivity contribution is -0.384. The third-order valence-electron chi connectivity index (χ3n) is 4.50. The maximum Gasteiger partial charge on any atom is 0.343 e. The number of benzene rings is 3. The van der Waals surface area contributed by atoms with Crippen LogP contribution < -0.4 is 14.8 Å². The summed E-state index contributed by atoms with van der Waals surface area (Å²) >= 11 is 0. The molecule has 9 nitrogen and oxygen atoms in total. The van der Waals surface area contributed by atoms with Gasteiger partial charge in [-0.15, -0.1) is 0 Å². The fourth-order valence-electron chi connectivity index (χ4n) is 2.75. The molecule has 0 aliphatic rings. The summed E-state index contributed by atoms with van der Waals surface area (Å²) in [6, 6.07) is 16.7. The fourth-order valence-corrected chi connectivity index (χ4v) is 2.75. The molecule has 0 radical (unpaired) electrons. The van der Waals surface area contributed by atoms with Crippen molar-refractivity contribution >= 4 is 29.3 Å². The molecule has 0 heterocycles. The summed E-state index contributed by atoms with van der Waals surface area (Å²) in [5, 5.41) is 22.3. The van der Waals surface area contributed by atoms with E-state index in [1.807, 2.05) is 0 Å². The molecule has 3 aromatic rings. The average Bonchev–Trinajstić information content (AvgIpc) is 2.84. The van der Waals surface area contributed by atoms with Crippen LogP contribution in [0.1, 0.15) is 15.9 Å². The molecule has 0 spiro atoms. The number of amides is 1. The van der Waals surface area contributed by atoms with Crippen LogP contribution in [-0.2, 0) is 4.79 Å². The number of hydrogen-bond acceptors (Lipinski definition) is 7. The number of carbonyl (C=O) groups is 2. The van der Waals surface area contributed by atoms with Crippen LogP contribution in [-0.4, -0.2) is 23.9 Å². The molecule has 0 bridgehead atoms. The Morgan fingerprint density at radius 2 is 1.71 bits per heavy atom. The summed E-state index contributed by atoms with van der Waals surface area (Å²) in [6.45, 7) is 0. The number of nitrogens with zero attached hydrogens (tertiary/aromatic N) is 2. The third kappa shape index (κ3) is 5.80. The van der Waals surface area contributed by atoms with Gasteiger partial charge in [0.1, 0.15) is 29.0 Å². The minimum Gasteiger partial charge on any atom is -0.497 e. The number of hydrogen-bond donors (Lipinski definition) is 1. The van der Waals surface area contributed by atoms with Crippen molar-refractivity contribution in [2.45, 2.75) is 0 Å². The molecule has 0 fully saturated rings. The molecule has 3 rings (SSSR count). The van der Waals surface area contributed by atoms with Crippen LogP contribution in [0.2, 0.25) is 0 Å². The van der Waals surface area contributed by atoms with E-state index in [4.69, 9.17) is 9.47 Å². The van der Waals surface area contributed by atoms with E-state index >= 15 is 0 Å². The van der Waals surface area contributed by atoms with Crippen molar-refractivity contribution in [1.82, 2.24) is 0 Å². The molecule has 0 aromatic heterocycles. The quantitative estimate of drug-likeness (QED) is 0.137. The van der Waals surface area contributed by atoms with Crippen molar-refractivity contribution in [1.29, 1.82) is 5.26 Å². The number of ether oxygens (including phenoxy) is 2. The van der Waals surface area contributed by atoms with Crippen LogP contribution in [0.5, 0.6) is 11.5 Å². The normalized spacial score (nSPS) is 10.7. The molecule has 34 heavy (non-hydrogen) atoms. The minimum absolute atomic E-state index is 0.236. The van der Waals surface area contributed by atoms with Crippen molar-refractivity contribution in [3.8, 4) is 17.6 Å². The van der Waals surface area contributed by atoms with Crippen LogP contribution in [0, 0.1) is 27.3 Å². The Hall–Kier alpha value is -5.04. The van der Waals surface area contributed by atoms with Gasteiger partial charge in [-0.25, -0.2) is 9.18 Å². The summed E-state index contributed by atoms with van der Waals surface area (Å²) in [6.07, 6.45) is 1.24. The van der Waals surface area contributed by atoms with Crippen LogP contribution in [0.25, 0.3) is 6.08 Å². The molecule has 0 saturated carbocycles. The van der Waals surface area contributed by atoms with Gasteiger partial charge in [0.15, 0.2) is 0 Å². The molecular formula is C24H16FN3O6. The minimum atomic E-state index is -0.947. The van der Waals surface area contributed by atoms with Crippen LogP contribution in [0.15, 0.2) is 72.3 Å². The monoisotopic (exact) mass is 461 g/mol. The molecular weight excluding hydrogens is 445 g/mol. The highest BCUT2D eigenvalue weighted by Crippen LogP contribution is 2.22. The second-order valence-corrected chi connectivity index (χ2v) is 6.73. The first-order valence-electron chi connectivity index (χ1n) is 9.64.